The first-order chi connectivity index (χ1) is 14.5. The molecule has 0 aromatic carbocycles. The summed E-state index contributed by atoms with van der Waals surface area (Å²) in [4.78, 5) is 40.2. The lowest BCUT2D eigenvalue weighted by Gasteiger charge is -2.24. The minimum absolute atomic E-state index is 0.0893. The number of unbranched alkanes of at least 4 members (excludes halogenated alkanes) is 4. The van der Waals surface area contributed by atoms with Gasteiger partial charge in [0, 0.05) is 39.0 Å². The topological polar surface area (TPSA) is 95.7 Å². The lowest BCUT2D eigenvalue weighted by Crippen LogP contribution is -2.46. The minimum Gasteiger partial charge on any atom is -0.370 e. The molecule has 1 saturated heterocycles. The summed E-state index contributed by atoms with van der Waals surface area (Å²) in [5.74, 6) is -0.00921. The van der Waals surface area contributed by atoms with Gasteiger partial charge in [0.1, 0.15) is 0 Å². The van der Waals surface area contributed by atoms with Gasteiger partial charge in [-0.3, -0.25) is 14.4 Å². The van der Waals surface area contributed by atoms with Gasteiger partial charge in [-0.1, -0.05) is 33.1 Å². The second kappa shape index (κ2) is 16.1. The predicted octanol–water partition coefficient (Wildman–Crippen LogP) is 2.82. The fraction of sp³-hybridized carbons (Fsp3) is 0.870. The fourth-order valence-electron chi connectivity index (χ4n) is 3.83. The highest BCUT2D eigenvalue weighted by atomic mass is 16.2. The highest BCUT2D eigenvalue weighted by Crippen LogP contribution is 2.12. The Morgan fingerprint density at radius 2 is 1.57 bits per heavy atom. The van der Waals surface area contributed by atoms with Gasteiger partial charge in [0.05, 0.1) is 6.04 Å². The van der Waals surface area contributed by atoms with Gasteiger partial charge in [-0.25, -0.2) is 0 Å². The summed E-state index contributed by atoms with van der Waals surface area (Å²) >= 11 is 0. The van der Waals surface area contributed by atoms with Crippen molar-refractivity contribution >= 4 is 17.7 Å². The molecule has 0 aliphatic carbocycles. The molecular formula is C23H44N4O3. The molecule has 0 saturated carbocycles. The van der Waals surface area contributed by atoms with E-state index in [1.54, 1.807) is 0 Å². The molecule has 1 atom stereocenters. The molecule has 1 aliphatic rings. The third kappa shape index (κ3) is 11.0. The first-order valence-electron chi connectivity index (χ1n) is 12.1. The van der Waals surface area contributed by atoms with Crippen LogP contribution in [0.1, 0.15) is 90.9 Å². The summed E-state index contributed by atoms with van der Waals surface area (Å²) in [7, 11) is 0. The standard InChI is InChI=1S/C23H44N4O3/c1-3-5-16-26(17-6-4-2)22(29)12-8-7-9-15-25-20(13-14-21(24)28)23(30)27-18-10-11-19-27/h20,25H,3-19H2,1-2H3,(H2,24,28)/t20-/m0/s1. The number of amides is 3. The van der Waals surface area contributed by atoms with Gasteiger partial charge in [-0.15, -0.1) is 0 Å². The number of nitrogens with one attached hydrogen (secondary N) is 1. The molecule has 0 bridgehead atoms. The van der Waals surface area contributed by atoms with Crippen molar-refractivity contribution < 1.29 is 14.4 Å². The first kappa shape index (κ1) is 26.4. The number of nitrogens with zero attached hydrogens (tertiary/aromatic N) is 2. The van der Waals surface area contributed by atoms with Crippen molar-refractivity contribution in [1.29, 1.82) is 0 Å². The van der Waals surface area contributed by atoms with E-state index in [9.17, 15) is 14.4 Å². The van der Waals surface area contributed by atoms with E-state index in [-0.39, 0.29) is 30.2 Å². The summed E-state index contributed by atoms with van der Waals surface area (Å²) in [5, 5.41) is 3.32. The Labute approximate surface area is 183 Å². The molecule has 3 N–H and O–H groups in total. The average Bonchev–Trinajstić information content (AvgIpc) is 3.26. The van der Waals surface area contributed by atoms with Crippen LogP contribution in [-0.2, 0) is 14.4 Å². The largest absolute Gasteiger partial charge is 0.370 e. The highest BCUT2D eigenvalue weighted by Gasteiger charge is 2.26. The van der Waals surface area contributed by atoms with Crippen molar-refractivity contribution in [2.75, 3.05) is 32.7 Å². The molecule has 30 heavy (non-hydrogen) atoms. The second-order valence-electron chi connectivity index (χ2n) is 8.44. The lowest BCUT2D eigenvalue weighted by molar-refractivity contribution is -0.133. The van der Waals surface area contributed by atoms with E-state index < -0.39 is 0 Å². The summed E-state index contributed by atoms with van der Waals surface area (Å²) in [6.07, 6.45) is 10.5. The molecule has 0 aromatic rings. The van der Waals surface area contributed by atoms with E-state index in [0.717, 1.165) is 84.0 Å². The van der Waals surface area contributed by atoms with E-state index in [1.807, 2.05) is 9.80 Å². The molecule has 7 heteroatoms. The van der Waals surface area contributed by atoms with Crippen LogP contribution in [0.15, 0.2) is 0 Å². The Hall–Kier alpha value is -1.63. The number of primary amides is 1. The number of hydrogen-bond donors (Lipinski definition) is 2. The Bertz CT molecular complexity index is 499. The van der Waals surface area contributed by atoms with Crippen LogP contribution in [0.3, 0.4) is 0 Å². The van der Waals surface area contributed by atoms with Crippen LogP contribution in [0.25, 0.3) is 0 Å². The van der Waals surface area contributed by atoms with Crippen LogP contribution in [0.2, 0.25) is 0 Å². The molecule has 0 radical (unpaired) electrons. The van der Waals surface area contributed by atoms with Gasteiger partial charge < -0.3 is 20.9 Å². The summed E-state index contributed by atoms with van der Waals surface area (Å²) in [6.45, 7) is 8.38. The Balaban J connectivity index is 2.31. The van der Waals surface area contributed by atoms with E-state index in [2.05, 4.69) is 19.2 Å². The average molecular weight is 425 g/mol. The number of carbonyl (C=O) groups is 3. The zero-order valence-corrected chi connectivity index (χ0v) is 19.3. The number of hydrogen-bond acceptors (Lipinski definition) is 4. The van der Waals surface area contributed by atoms with Crippen molar-refractivity contribution in [3.8, 4) is 0 Å². The van der Waals surface area contributed by atoms with Gasteiger partial charge >= 0.3 is 0 Å². The van der Waals surface area contributed by atoms with Crippen LogP contribution < -0.4 is 11.1 Å². The first-order valence-corrected chi connectivity index (χ1v) is 12.1. The van der Waals surface area contributed by atoms with Crippen molar-refractivity contribution in [2.45, 2.75) is 96.9 Å². The SMILES string of the molecule is CCCCN(CCCC)C(=O)CCCCCN[C@@H](CCC(N)=O)C(=O)N1CCCC1. The zero-order valence-electron chi connectivity index (χ0n) is 19.3. The molecule has 1 fully saturated rings. The van der Waals surface area contributed by atoms with Crippen LogP contribution in [0.5, 0.6) is 0 Å². The quantitative estimate of drug-likeness (QED) is 0.351. The summed E-state index contributed by atoms with van der Waals surface area (Å²) in [5.41, 5.74) is 5.27. The van der Waals surface area contributed by atoms with Gasteiger partial charge in [0.15, 0.2) is 0 Å². The lowest BCUT2D eigenvalue weighted by atomic mass is 10.1. The summed E-state index contributed by atoms with van der Waals surface area (Å²) < 4.78 is 0. The molecular weight excluding hydrogens is 380 g/mol. The van der Waals surface area contributed by atoms with Crippen LogP contribution in [0.4, 0.5) is 0 Å². The zero-order chi connectivity index (χ0) is 22.2. The van der Waals surface area contributed by atoms with Crippen molar-refractivity contribution in [2.24, 2.45) is 5.73 Å². The maximum absolute atomic E-state index is 12.7. The molecule has 1 rings (SSSR count). The van der Waals surface area contributed by atoms with Gasteiger partial charge in [-0.2, -0.15) is 0 Å². The van der Waals surface area contributed by atoms with Gasteiger partial charge in [0.25, 0.3) is 0 Å². The minimum atomic E-state index is -0.370. The molecule has 3 amide bonds. The number of nitrogens with two attached hydrogens (primary N) is 1. The molecule has 0 spiro atoms. The van der Waals surface area contributed by atoms with Crippen molar-refractivity contribution in [1.82, 2.24) is 15.1 Å². The third-order valence-electron chi connectivity index (χ3n) is 5.77. The predicted molar refractivity (Wildman–Crippen MR) is 121 cm³/mol. The molecule has 7 nitrogen and oxygen atoms in total. The monoisotopic (exact) mass is 424 g/mol. The van der Waals surface area contributed by atoms with Crippen molar-refractivity contribution in [3.63, 3.8) is 0 Å². The Kier molecular flexibility index (Phi) is 14.2. The number of rotatable bonds is 17. The third-order valence-corrected chi connectivity index (χ3v) is 5.77. The van der Waals surface area contributed by atoms with E-state index in [0.29, 0.717) is 19.4 Å². The summed E-state index contributed by atoms with van der Waals surface area (Å²) in [6, 6.07) is -0.337. The second-order valence-corrected chi connectivity index (χ2v) is 8.44. The number of likely N-dealkylation sites (tertiary alicyclic amines) is 1. The molecule has 0 unspecified atom stereocenters. The van der Waals surface area contributed by atoms with E-state index in [1.165, 1.54) is 0 Å². The molecule has 1 heterocycles. The van der Waals surface area contributed by atoms with Crippen LogP contribution in [-0.4, -0.2) is 66.3 Å². The van der Waals surface area contributed by atoms with Crippen LogP contribution >= 0.6 is 0 Å². The molecule has 174 valence electrons. The number of carbonyl (C=O) groups excluding carboxylic acids is 3. The van der Waals surface area contributed by atoms with Crippen LogP contribution in [0, 0.1) is 0 Å². The van der Waals surface area contributed by atoms with Crippen molar-refractivity contribution in [3.05, 3.63) is 0 Å². The molecule has 0 aromatic heterocycles. The highest BCUT2D eigenvalue weighted by molar-refractivity contribution is 5.83. The Morgan fingerprint density at radius 1 is 0.933 bits per heavy atom. The Morgan fingerprint density at radius 3 is 2.13 bits per heavy atom. The molecule has 1 aliphatic heterocycles. The van der Waals surface area contributed by atoms with E-state index >= 15 is 0 Å². The van der Waals surface area contributed by atoms with Gasteiger partial charge in [0.2, 0.25) is 17.7 Å². The fourth-order valence-corrected chi connectivity index (χ4v) is 3.83. The smallest absolute Gasteiger partial charge is 0.239 e. The van der Waals surface area contributed by atoms with E-state index in [4.69, 9.17) is 5.73 Å². The maximum atomic E-state index is 12.7. The van der Waals surface area contributed by atoms with Gasteiger partial charge in [-0.05, 0) is 51.5 Å². The maximum Gasteiger partial charge on any atom is 0.239 e. The normalized spacial score (nSPS) is 14.7.